The van der Waals surface area contributed by atoms with E-state index in [0.717, 1.165) is 31.9 Å². The van der Waals surface area contributed by atoms with E-state index >= 15 is 0 Å². The minimum absolute atomic E-state index is 0.827. The average Bonchev–Trinajstić information content (AvgIpc) is 3.74. The first-order valence-electron chi connectivity index (χ1n) is 13.2. The molecule has 1 aromatic carbocycles. The van der Waals surface area contributed by atoms with E-state index in [2.05, 4.69) is 120 Å². The molecule has 5 aromatic heterocycles. The van der Waals surface area contributed by atoms with Crippen molar-refractivity contribution in [2.45, 2.75) is 39.3 Å². The zero-order valence-electron chi connectivity index (χ0n) is 23.7. The number of benzene rings is 1. The summed E-state index contributed by atoms with van der Waals surface area (Å²) in [5.74, 6) is 13.4. The number of aromatic nitrogens is 2. The van der Waals surface area contributed by atoms with Gasteiger partial charge in [0.15, 0.2) is 0 Å². The van der Waals surface area contributed by atoms with Gasteiger partial charge < -0.3 is 0 Å². The lowest BCUT2D eigenvalue weighted by atomic mass is 10.1. The SMILES string of the molecule is C[Si](C)(C)c1ccc(-c2ccc(C#Cc3ccc(C#Cc4ccc(-c5ccc([Si](C)(C)C)s5)s4)c4nsnc34)s2)s1. The average molecular weight is 657 g/mol. The molecule has 0 aliphatic heterocycles. The summed E-state index contributed by atoms with van der Waals surface area (Å²) in [6, 6.07) is 21.8. The van der Waals surface area contributed by atoms with E-state index in [9.17, 15) is 0 Å². The molecule has 6 aromatic rings. The summed E-state index contributed by atoms with van der Waals surface area (Å²) in [5.41, 5.74) is 3.43. The van der Waals surface area contributed by atoms with Gasteiger partial charge in [0.2, 0.25) is 0 Å². The van der Waals surface area contributed by atoms with Crippen LogP contribution in [0, 0.1) is 23.7 Å². The van der Waals surface area contributed by atoms with Crippen molar-refractivity contribution >= 4 is 93.3 Å². The Morgan fingerprint density at radius 2 is 0.854 bits per heavy atom. The van der Waals surface area contributed by atoms with Gasteiger partial charge in [-0.1, -0.05) is 75.1 Å². The highest BCUT2D eigenvalue weighted by molar-refractivity contribution is 7.31. The lowest BCUT2D eigenvalue weighted by molar-refractivity contribution is 1.58. The second kappa shape index (κ2) is 11.2. The van der Waals surface area contributed by atoms with Gasteiger partial charge in [0.25, 0.3) is 0 Å². The molecule has 0 radical (unpaired) electrons. The van der Waals surface area contributed by atoms with Crippen molar-refractivity contribution in [2.75, 3.05) is 0 Å². The summed E-state index contributed by atoms with van der Waals surface area (Å²) in [6.45, 7) is 14.4. The first-order chi connectivity index (χ1) is 19.5. The molecule has 5 heterocycles. The van der Waals surface area contributed by atoms with E-state index in [-0.39, 0.29) is 0 Å². The summed E-state index contributed by atoms with van der Waals surface area (Å²) in [4.78, 5) is 7.33. The maximum atomic E-state index is 4.57. The summed E-state index contributed by atoms with van der Waals surface area (Å²) in [6.07, 6.45) is 0. The number of hydrogen-bond acceptors (Lipinski definition) is 7. The van der Waals surface area contributed by atoms with Crippen LogP contribution in [0.3, 0.4) is 0 Å². The van der Waals surface area contributed by atoms with Gasteiger partial charge in [-0.2, -0.15) is 8.75 Å². The minimum Gasteiger partial charge on any atom is -0.172 e. The largest absolute Gasteiger partial charge is 0.172 e. The quantitative estimate of drug-likeness (QED) is 0.140. The Morgan fingerprint density at radius 3 is 1.24 bits per heavy atom. The van der Waals surface area contributed by atoms with E-state index in [1.54, 1.807) is 22.7 Å². The highest BCUT2D eigenvalue weighted by Crippen LogP contribution is 2.33. The van der Waals surface area contributed by atoms with Gasteiger partial charge in [-0.3, -0.25) is 0 Å². The molecule has 0 spiro atoms. The molecule has 0 aliphatic rings. The second-order valence-electron chi connectivity index (χ2n) is 11.8. The summed E-state index contributed by atoms with van der Waals surface area (Å²) in [5, 5.41) is 0. The van der Waals surface area contributed by atoms with Crippen LogP contribution >= 0.6 is 57.1 Å². The van der Waals surface area contributed by atoms with E-state index in [4.69, 9.17) is 0 Å². The molecule has 0 saturated carbocycles. The molecule has 204 valence electrons. The Morgan fingerprint density at radius 1 is 0.463 bits per heavy atom. The molecule has 0 atom stereocenters. The van der Waals surface area contributed by atoms with Crippen LogP contribution in [0.5, 0.6) is 0 Å². The van der Waals surface area contributed by atoms with Crippen LogP contribution in [0.25, 0.3) is 30.5 Å². The molecular weight excluding hydrogens is 629 g/mol. The fourth-order valence-electron chi connectivity index (χ4n) is 4.15. The molecule has 0 fully saturated rings. The van der Waals surface area contributed by atoms with Crippen molar-refractivity contribution < 1.29 is 0 Å². The highest BCUT2D eigenvalue weighted by Gasteiger charge is 2.20. The summed E-state index contributed by atoms with van der Waals surface area (Å²) >= 11 is 8.57. The maximum Gasteiger partial charge on any atom is 0.121 e. The van der Waals surface area contributed by atoms with Gasteiger partial charge in [-0.25, -0.2) is 0 Å². The second-order valence-corrected chi connectivity index (χ2v) is 27.4. The molecule has 0 aliphatic carbocycles. The van der Waals surface area contributed by atoms with E-state index < -0.39 is 16.1 Å². The van der Waals surface area contributed by atoms with Crippen molar-refractivity contribution in [3.8, 4) is 43.2 Å². The molecular formula is C32H28N2S5Si2. The Kier molecular flexibility index (Phi) is 7.81. The Labute approximate surface area is 264 Å². The van der Waals surface area contributed by atoms with Crippen molar-refractivity contribution in [1.29, 1.82) is 0 Å². The third kappa shape index (κ3) is 6.28. The number of thiophene rings is 4. The lowest BCUT2D eigenvalue weighted by Crippen LogP contribution is -2.34. The summed E-state index contributed by atoms with van der Waals surface area (Å²) < 4.78 is 12.2. The molecule has 0 unspecified atom stereocenters. The predicted molar refractivity (Wildman–Crippen MR) is 191 cm³/mol. The van der Waals surface area contributed by atoms with Crippen LogP contribution in [0.4, 0.5) is 0 Å². The normalized spacial score (nSPS) is 11.8. The molecule has 0 bridgehead atoms. The number of rotatable bonds is 4. The number of nitrogens with zero attached hydrogens (tertiary/aromatic N) is 2. The van der Waals surface area contributed by atoms with E-state index in [0.29, 0.717) is 0 Å². The molecule has 0 N–H and O–H groups in total. The fourth-order valence-corrected chi connectivity index (χ4v) is 12.4. The Hall–Kier alpha value is -2.61. The van der Waals surface area contributed by atoms with Crippen LogP contribution in [-0.2, 0) is 0 Å². The number of fused-ring (bicyclic) bond motifs is 1. The van der Waals surface area contributed by atoms with Crippen LogP contribution in [0.2, 0.25) is 39.3 Å². The molecule has 0 saturated heterocycles. The molecule has 2 nitrogen and oxygen atoms in total. The molecule has 0 amide bonds. The van der Waals surface area contributed by atoms with Gasteiger partial charge in [-0.05, 0) is 57.5 Å². The van der Waals surface area contributed by atoms with E-state index in [1.807, 2.05) is 34.8 Å². The first-order valence-corrected chi connectivity index (χ1v) is 24.2. The first kappa shape index (κ1) is 28.5. The van der Waals surface area contributed by atoms with Crippen LogP contribution < -0.4 is 9.00 Å². The molecule has 9 heteroatoms. The van der Waals surface area contributed by atoms with Crippen molar-refractivity contribution in [3.05, 3.63) is 81.5 Å². The van der Waals surface area contributed by atoms with Crippen molar-refractivity contribution in [1.82, 2.24) is 8.75 Å². The standard InChI is InChI=1S/C32H28N2S5Si2/c1-40(2,3)29-19-17-27(37-29)25-15-13-23(35-25)11-9-21-7-8-22(32-31(21)33-39-34-32)10-12-24-14-16-26(36-24)28-18-20-30(38-28)41(4,5)6/h7-8,13-20H,1-6H3. The molecule has 6 rings (SSSR count). The minimum atomic E-state index is -1.29. The van der Waals surface area contributed by atoms with Gasteiger partial charge in [0, 0.05) is 19.5 Å². The third-order valence-electron chi connectivity index (χ3n) is 6.44. The third-order valence-corrected chi connectivity index (χ3v) is 18.7. The van der Waals surface area contributed by atoms with E-state index in [1.165, 1.54) is 40.2 Å². The Balaban J connectivity index is 1.22. The van der Waals surface area contributed by atoms with Gasteiger partial charge in [0.1, 0.15) is 11.0 Å². The predicted octanol–water partition coefficient (Wildman–Crippen LogP) is 9.16. The molecule has 41 heavy (non-hydrogen) atoms. The fraction of sp³-hybridized carbons (Fsp3) is 0.188. The number of hydrogen-bond donors (Lipinski definition) is 0. The Bertz CT molecular complexity index is 1860. The van der Waals surface area contributed by atoms with Crippen LogP contribution in [-0.4, -0.2) is 24.9 Å². The zero-order chi connectivity index (χ0) is 28.8. The van der Waals surface area contributed by atoms with Gasteiger partial charge in [-0.15, -0.1) is 45.3 Å². The maximum absolute atomic E-state index is 4.57. The van der Waals surface area contributed by atoms with Crippen molar-refractivity contribution in [3.63, 3.8) is 0 Å². The smallest absolute Gasteiger partial charge is 0.121 e. The van der Waals surface area contributed by atoms with Crippen molar-refractivity contribution in [2.24, 2.45) is 0 Å². The van der Waals surface area contributed by atoms with Gasteiger partial charge >= 0.3 is 0 Å². The topological polar surface area (TPSA) is 25.8 Å². The van der Waals surface area contributed by atoms with Crippen LogP contribution in [0.15, 0.2) is 60.7 Å². The monoisotopic (exact) mass is 656 g/mol. The zero-order valence-corrected chi connectivity index (χ0v) is 29.8. The summed E-state index contributed by atoms with van der Waals surface area (Å²) in [7, 11) is -2.58. The van der Waals surface area contributed by atoms with Crippen LogP contribution in [0.1, 0.15) is 20.9 Å². The van der Waals surface area contributed by atoms with Gasteiger partial charge in [0.05, 0.1) is 48.8 Å². The highest BCUT2D eigenvalue weighted by atomic mass is 32.1. The lowest BCUT2D eigenvalue weighted by Gasteiger charge is -2.12.